The lowest BCUT2D eigenvalue weighted by Crippen LogP contribution is -2.11. The standard InChI is InChI=1S/C10H9BrClF3O/c1-16-6-2-3-7(8(11)4-6)9(12)5-10(13,14)15/h2-4,9H,5H2,1H3. The molecule has 1 aromatic rings. The second-order valence-electron chi connectivity index (χ2n) is 3.17. The van der Waals surface area contributed by atoms with E-state index in [0.717, 1.165) is 0 Å². The van der Waals surface area contributed by atoms with E-state index in [0.29, 0.717) is 15.8 Å². The Labute approximate surface area is 105 Å². The molecule has 0 spiro atoms. The summed E-state index contributed by atoms with van der Waals surface area (Å²) in [7, 11) is 1.48. The Hall–Kier alpha value is -0.420. The Bertz CT molecular complexity index is 368. The van der Waals surface area contributed by atoms with Gasteiger partial charge < -0.3 is 4.74 Å². The molecule has 0 aliphatic heterocycles. The molecule has 1 nitrogen and oxygen atoms in total. The average Bonchev–Trinajstić information content (AvgIpc) is 2.14. The molecule has 90 valence electrons. The highest BCUT2D eigenvalue weighted by molar-refractivity contribution is 9.10. The molecule has 1 atom stereocenters. The van der Waals surface area contributed by atoms with Crippen LogP contribution in [-0.4, -0.2) is 13.3 Å². The summed E-state index contributed by atoms with van der Waals surface area (Å²) in [4.78, 5) is 0. The first-order chi connectivity index (χ1) is 7.33. The maximum Gasteiger partial charge on any atom is 0.390 e. The zero-order valence-corrected chi connectivity index (χ0v) is 10.7. The van der Waals surface area contributed by atoms with Crippen molar-refractivity contribution in [1.82, 2.24) is 0 Å². The Morgan fingerprint density at radius 1 is 1.44 bits per heavy atom. The van der Waals surface area contributed by atoms with Gasteiger partial charge in [-0.2, -0.15) is 13.2 Å². The third-order valence-corrected chi connectivity index (χ3v) is 3.03. The van der Waals surface area contributed by atoms with E-state index in [9.17, 15) is 13.2 Å². The second kappa shape index (κ2) is 5.27. The average molecular weight is 318 g/mol. The smallest absolute Gasteiger partial charge is 0.390 e. The molecular formula is C10H9BrClF3O. The fraction of sp³-hybridized carbons (Fsp3) is 0.400. The van der Waals surface area contributed by atoms with Crippen LogP contribution in [0.2, 0.25) is 0 Å². The Morgan fingerprint density at radius 2 is 2.06 bits per heavy atom. The predicted molar refractivity (Wildman–Crippen MR) is 60.0 cm³/mol. The molecule has 1 unspecified atom stereocenters. The van der Waals surface area contributed by atoms with Crippen LogP contribution >= 0.6 is 27.5 Å². The summed E-state index contributed by atoms with van der Waals surface area (Å²) < 4.78 is 41.9. The van der Waals surface area contributed by atoms with E-state index in [-0.39, 0.29) is 0 Å². The normalized spacial score (nSPS) is 13.6. The van der Waals surface area contributed by atoms with Crippen LogP contribution in [0, 0.1) is 0 Å². The summed E-state index contributed by atoms with van der Waals surface area (Å²) in [6, 6.07) is 4.68. The van der Waals surface area contributed by atoms with Crippen LogP contribution < -0.4 is 4.74 Å². The van der Waals surface area contributed by atoms with Crippen LogP contribution in [0.25, 0.3) is 0 Å². The Morgan fingerprint density at radius 3 is 2.50 bits per heavy atom. The summed E-state index contributed by atoms with van der Waals surface area (Å²) in [5, 5.41) is -1.10. The van der Waals surface area contributed by atoms with E-state index < -0.39 is 18.0 Å². The van der Waals surface area contributed by atoms with Gasteiger partial charge in [-0.25, -0.2) is 0 Å². The van der Waals surface area contributed by atoms with Crippen molar-refractivity contribution < 1.29 is 17.9 Å². The number of halogens is 5. The van der Waals surface area contributed by atoms with Gasteiger partial charge in [-0.05, 0) is 17.7 Å². The number of hydrogen-bond acceptors (Lipinski definition) is 1. The molecule has 6 heteroatoms. The highest BCUT2D eigenvalue weighted by Crippen LogP contribution is 2.38. The van der Waals surface area contributed by atoms with Gasteiger partial charge in [0.1, 0.15) is 5.75 Å². The van der Waals surface area contributed by atoms with Gasteiger partial charge in [-0.1, -0.05) is 22.0 Å². The zero-order chi connectivity index (χ0) is 12.3. The maximum atomic E-state index is 12.1. The Balaban J connectivity index is 2.88. The molecule has 0 aliphatic rings. The molecule has 0 heterocycles. The van der Waals surface area contributed by atoms with Crippen LogP contribution in [0.5, 0.6) is 5.75 Å². The first kappa shape index (κ1) is 13.6. The molecule has 0 aromatic heterocycles. The Kier molecular flexibility index (Phi) is 4.50. The summed E-state index contributed by atoms with van der Waals surface area (Å²) in [6.45, 7) is 0. The van der Waals surface area contributed by atoms with Crippen molar-refractivity contribution in [3.05, 3.63) is 28.2 Å². The van der Waals surface area contributed by atoms with Gasteiger partial charge in [0.15, 0.2) is 0 Å². The molecule has 0 bridgehead atoms. The van der Waals surface area contributed by atoms with E-state index >= 15 is 0 Å². The van der Waals surface area contributed by atoms with Crippen LogP contribution in [-0.2, 0) is 0 Å². The van der Waals surface area contributed by atoms with Crippen molar-refractivity contribution in [2.75, 3.05) is 7.11 Å². The van der Waals surface area contributed by atoms with Crippen LogP contribution in [0.3, 0.4) is 0 Å². The highest BCUT2D eigenvalue weighted by atomic mass is 79.9. The first-order valence-corrected chi connectivity index (χ1v) is 5.60. The molecule has 1 aromatic carbocycles. The number of ether oxygens (including phenoxy) is 1. The van der Waals surface area contributed by atoms with Crippen molar-refractivity contribution in [2.45, 2.75) is 18.0 Å². The van der Waals surface area contributed by atoms with Crippen LogP contribution in [0.15, 0.2) is 22.7 Å². The third-order valence-electron chi connectivity index (χ3n) is 1.96. The quantitative estimate of drug-likeness (QED) is 0.735. The fourth-order valence-electron chi connectivity index (χ4n) is 1.20. The van der Waals surface area contributed by atoms with Gasteiger partial charge in [-0.15, -0.1) is 11.6 Å². The number of alkyl halides is 4. The molecule has 16 heavy (non-hydrogen) atoms. The molecule has 0 radical (unpaired) electrons. The largest absolute Gasteiger partial charge is 0.497 e. The van der Waals surface area contributed by atoms with Gasteiger partial charge in [0.05, 0.1) is 18.9 Å². The molecule has 1 rings (SSSR count). The van der Waals surface area contributed by atoms with Crippen LogP contribution in [0.1, 0.15) is 17.4 Å². The highest BCUT2D eigenvalue weighted by Gasteiger charge is 2.32. The monoisotopic (exact) mass is 316 g/mol. The van der Waals surface area contributed by atoms with Gasteiger partial charge in [-0.3, -0.25) is 0 Å². The summed E-state index contributed by atoms with van der Waals surface area (Å²) in [5.41, 5.74) is 0.403. The second-order valence-corrected chi connectivity index (χ2v) is 4.56. The number of benzene rings is 1. The molecule has 0 N–H and O–H groups in total. The first-order valence-electron chi connectivity index (χ1n) is 4.38. The zero-order valence-electron chi connectivity index (χ0n) is 8.31. The van der Waals surface area contributed by atoms with Crippen molar-refractivity contribution in [3.8, 4) is 5.75 Å². The molecule has 0 fully saturated rings. The predicted octanol–water partition coefficient (Wildman–Crippen LogP) is 4.69. The molecule has 0 saturated carbocycles. The fourth-order valence-corrected chi connectivity index (χ4v) is 2.33. The number of methoxy groups -OCH3 is 1. The number of hydrogen-bond donors (Lipinski definition) is 0. The summed E-state index contributed by atoms with van der Waals surface area (Å²) >= 11 is 8.87. The third kappa shape index (κ3) is 3.87. The topological polar surface area (TPSA) is 9.23 Å². The van der Waals surface area contributed by atoms with Gasteiger partial charge in [0.25, 0.3) is 0 Å². The number of rotatable bonds is 3. The van der Waals surface area contributed by atoms with Crippen LogP contribution in [0.4, 0.5) is 13.2 Å². The minimum Gasteiger partial charge on any atom is -0.497 e. The van der Waals surface area contributed by atoms with Crippen molar-refractivity contribution >= 4 is 27.5 Å². The molecule has 0 amide bonds. The van der Waals surface area contributed by atoms with E-state index in [1.165, 1.54) is 13.2 Å². The van der Waals surface area contributed by atoms with Crippen molar-refractivity contribution in [1.29, 1.82) is 0 Å². The molecule has 0 saturated heterocycles. The summed E-state index contributed by atoms with van der Waals surface area (Å²) in [6.07, 6.45) is -5.33. The van der Waals surface area contributed by atoms with E-state index in [2.05, 4.69) is 15.9 Å². The summed E-state index contributed by atoms with van der Waals surface area (Å²) in [5.74, 6) is 0.562. The van der Waals surface area contributed by atoms with Crippen molar-refractivity contribution in [3.63, 3.8) is 0 Å². The van der Waals surface area contributed by atoms with Gasteiger partial charge in [0.2, 0.25) is 0 Å². The van der Waals surface area contributed by atoms with Crippen molar-refractivity contribution in [2.24, 2.45) is 0 Å². The van der Waals surface area contributed by atoms with Gasteiger partial charge in [0, 0.05) is 4.47 Å². The maximum absolute atomic E-state index is 12.1. The van der Waals surface area contributed by atoms with Gasteiger partial charge >= 0.3 is 6.18 Å². The lowest BCUT2D eigenvalue weighted by Gasteiger charge is -2.14. The van der Waals surface area contributed by atoms with E-state index in [1.54, 1.807) is 12.1 Å². The molecular weight excluding hydrogens is 308 g/mol. The minimum absolute atomic E-state index is 0.403. The lowest BCUT2D eigenvalue weighted by molar-refractivity contribution is -0.134. The SMILES string of the molecule is COc1ccc(C(Cl)CC(F)(F)F)c(Br)c1. The minimum atomic E-state index is -4.27. The van der Waals surface area contributed by atoms with E-state index in [4.69, 9.17) is 16.3 Å². The van der Waals surface area contributed by atoms with E-state index in [1.807, 2.05) is 0 Å². The lowest BCUT2D eigenvalue weighted by atomic mass is 10.1. The molecule has 0 aliphatic carbocycles.